The molecule has 4 nitrogen and oxygen atoms in total. The Balaban J connectivity index is 2.35. The van der Waals surface area contributed by atoms with Gasteiger partial charge < -0.3 is 5.11 Å². The van der Waals surface area contributed by atoms with Crippen molar-refractivity contribution in [2.24, 2.45) is 7.05 Å². The van der Waals surface area contributed by atoms with E-state index < -0.39 is 5.97 Å². The van der Waals surface area contributed by atoms with Crippen LogP contribution in [0.1, 0.15) is 34.8 Å². The summed E-state index contributed by atoms with van der Waals surface area (Å²) in [4.78, 5) is 11.1. The normalized spacial score (nSPS) is 15.6. The van der Waals surface area contributed by atoms with Gasteiger partial charge in [0.1, 0.15) is 0 Å². The Morgan fingerprint density at radius 2 is 2.25 bits per heavy atom. The molecule has 1 aromatic carbocycles. The molecule has 1 aliphatic rings. The van der Waals surface area contributed by atoms with Crippen molar-refractivity contribution in [3.8, 4) is 0 Å². The molecule has 0 unspecified atom stereocenters. The fraction of sp³-hybridized carbons (Fsp3) is 0.333. The van der Waals surface area contributed by atoms with Crippen LogP contribution in [0.3, 0.4) is 0 Å². The van der Waals surface area contributed by atoms with Crippen LogP contribution in [-0.4, -0.2) is 20.9 Å². The number of rotatable bonds is 2. The maximum absolute atomic E-state index is 11.1. The molecule has 16 heavy (non-hydrogen) atoms. The van der Waals surface area contributed by atoms with Crippen molar-refractivity contribution in [1.82, 2.24) is 9.78 Å². The van der Waals surface area contributed by atoms with E-state index in [1.807, 2.05) is 6.07 Å². The molecule has 82 valence electrons. The van der Waals surface area contributed by atoms with Crippen molar-refractivity contribution in [3.05, 3.63) is 29.5 Å². The number of hydrogen-bond acceptors (Lipinski definition) is 2. The van der Waals surface area contributed by atoms with Gasteiger partial charge in [-0.2, -0.15) is 5.10 Å². The topological polar surface area (TPSA) is 55.1 Å². The summed E-state index contributed by atoms with van der Waals surface area (Å²) in [5.41, 5.74) is 2.12. The molecule has 4 heteroatoms. The Bertz CT molecular complexity index is 582. The predicted octanol–water partition coefficient (Wildman–Crippen LogP) is 2.15. The highest BCUT2D eigenvalue weighted by atomic mass is 16.4. The van der Waals surface area contributed by atoms with Crippen LogP contribution in [0, 0.1) is 0 Å². The summed E-state index contributed by atoms with van der Waals surface area (Å²) in [7, 11) is 1.81. The number of carbonyl (C=O) groups is 1. The molecule has 1 aromatic heterocycles. The van der Waals surface area contributed by atoms with Gasteiger partial charge in [-0.05, 0) is 18.9 Å². The van der Waals surface area contributed by atoms with Crippen LogP contribution in [0.15, 0.2) is 18.2 Å². The first-order chi connectivity index (χ1) is 7.68. The fourth-order valence-corrected chi connectivity index (χ4v) is 2.20. The molecule has 3 rings (SSSR count). The molecule has 1 heterocycles. The van der Waals surface area contributed by atoms with Crippen molar-refractivity contribution in [2.45, 2.75) is 18.8 Å². The fourth-order valence-electron chi connectivity index (χ4n) is 2.20. The number of benzene rings is 1. The van der Waals surface area contributed by atoms with Crippen molar-refractivity contribution < 1.29 is 9.90 Å². The second-order valence-electron chi connectivity index (χ2n) is 4.29. The standard InChI is InChI=1S/C12H12N2O2/c1-14-11-8(10(13-14)7-5-6-7)3-2-4-9(11)12(15)16/h2-4,7H,5-6H2,1H3,(H,15,16). The number of carboxylic acid groups (broad SMARTS) is 1. The first kappa shape index (κ1) is 9.39. The minimum atomic E-state index is -0.893. The van der Waals surface area contributed by atoms with Gasteiger partial charge in [0, 0.05) is 18.4 Å². The van der Waals surface area contributed by atoms with E-state index in [-0.39, 0.29) is 0 Å². The van der Waals surface area contributed by atoms with Gasteiger partial charge in [0.2, 0.25) is 0 Å². The summed E-state index contributed by atoms with van der Waals surface area (Å²) >= 11 is 0. The number of carboxylic acids is 1. The van der Waals surface area contributed by atoms with E-state index in [1.54, 1.807) is 23.9 Å². The highest BCUT2D eigenvalue weighted by Crippen LogP contribution is 2.42. The molecular formula is C12H12N2O2. The van der Waals surface area contributed by atoms with Gasteiger partial charge in [0.05, 0.1) is 16.8 Å². The van der Waals surface area contributed by atoms with Crippen LogP contribution in [0.2, 0.25) is 0 Å². The van der Waals surface area contributed by atoms with Gasteiger partial charge in [0.25, 0.3) is 0 Å². The van der Waals surface area contributed by atoms with Gasteiger partial charge >= 0.3 is 5.97 Å². The van der Waals surface area contributed by atoms with Crippen LogP contribution >= 0.6 is 0 Å². The zero-order valence-electron chi connectivity index (χ0n) is 8.97. The Morgan fingerprint density at radius 1 is 1.50 bits per heavy atom. The molecule has 2 aromatic rings. The third-order valence-electron chi connectivity index (χ3n) is 3.09. The number of aryl methyl sites for hydroxylation is 1. The van der Waals surface area contributed by atoms with Gasteiger partial charge in [-0.15, -0.1) is 0 Å². The number of aromatic nitrogens is 2. The Morgan fingerprint density at radius 3 is 2.88 bits per heavy atom. The average molecular weight is 216 g/mol. The maximum Gasteiger partial charge on any atom is 0.337 e. The Kier molecular flexibility index (Phi) is 1.80. The average Bonchev–Trinajstić information content (AvgIpc) is 3.04. The van der Waals surface area contributed by atoms with Crippen LogP contribution < -0.4 is 0 Å². The SMILES string of the molecule is Cn1nc(C2CC2)c2cccc(C(=O)O)c21. The number of hydrogen-bond donors (Lipinski definition) is 1. The first-order valence-electron chi connectivity index (χ1n) is 5.37. The quantitative estimate of drug-likeness (QED) is 0.836. The third kappa shape index (κ3) is 1.23. The monoisotopic (exact) mass is 216 g/mol. The van der Waals surface area contributed by atoms with E-state index in [4.69, 9.17) is 5.11 Å². The third-order valence-corrected chi connectivity index (χ3v) is 3.09. The van der Waals surface area contributed by atoms with E-state index in [9.17, 15) is 4.79 Å². The lowest BCUT2D eigenvalue weighted by Crippen LogP contribution is -2.00. The smallest absolute Gasteiger partial charge is 0.337 e. The van der Waals surface area contributed by atoms with Gasteiger partial charge in [0.15, 0.2) is 0 Å². The molecule has 1 fully saturated rings. The number of aromatic carboxylic acids is 1. The highest BCUT2D eigenvalue weighted by Gasteiger charge is 2.29. The van der Waals surface area contributed by atoms with Gasteiger partial charge in [-0.3, -0.25) is 4.68 Å². The molecule has 0 aliphatic heterocycles. The van der Waals surface area contributed by atoms with E-state index in [1.165, 1.54) is 12.8 Å². The highest BCUT2D eigenvalue weighted by molar-refractivity contribution is 6.02. The lowest BCUT2D eigenvalue weighted by molar-refractivity contribution is 0.0698. The van der Waals surface area contributed by atoms with Crippen molar-refractivity contribution in [3.63, 3.8) is 0 Å². The van der Waals surface area contributed by atoms with E-state index in [0.717, 1.165) is 16.6 Å². The summed E-state index contributed by atoms with van der Waals surface area (Å²) in [6.45, 7) is 0. The molecule has 1 saturated carbocycles. The number of fused-ring (bicyclic) bond motifs is 1. The molecule has 0 atom stereocenters. The summed E-state index contributed by atoms with van der Waals surface area (Å²) in [5.74, 6) is -0.358. The second-order valence-corrected chi connectivity index (χ2v) is 4.29. The van der Waals surface area contributed by atoms with Crippen molar-refractivity contribution >= 4 is 16.9 Å². The Labute approximate surface area is 92.5 Å². The van der Waals surface area contributed by atoms with Crippen LogP contribution in [0.5, 0.6) is 0 Å². The van der Waals surface area contributed by atoms with Crippen LogP contribution in [-0.2, 0) is 7.05 Å². The van der Waals surface area contributed by atoms with E-state index >= 15 is 0 Å². The molecule has 1 aliphatic carbocycles. The molecular weight excluding hydrogens is 204 g/mol. The van der Waals surface area contributed by atoms with E-state index in [2.05, 4.69) is 5.10 Å². The lowest BCUT2D eigenvalue weighted by Gasteiger charge is -1.99. The summed E-state index contributed by atoms with van der Waals surface area (Å²) < 4.78 is 1.69. The summed E-state index contributed by atoms with van der Waals surface area (Å²) in [6, 6.07) is 5.38. The molecule has 0 radical (unpaired) electrons. The van der Waals surface area contributed by atoms with Crippen LogP contribution in [0.25, 0.3) is 10.9 Å². The minimum absolute atomic E-state index is 0.333. The zero-order valence-corrected chi connectivity index (χ0v) is 8.97. The molecule has 0 saturated heterocycles. The Hall–Kier alpha value is -1.84. The number of para-hydroxylation sites is 1. The molecule has 1 N–H and O–H groups in total. The first-order valence-corrected chi connectivity index (χ1v) is 5.37. The summed E-state index contributed by atoms with van der Waals surface area (Å²) in [6.07, 6.45) is 2.34. The number of nitrogens with zero attached hydrogens (tertiary/aromatic N) is 2. The van der Waals surface area contributed by atoms with Crippen molar-refractivity contribution in [1.29, 1.82) is 0 Å². The molecule has 0 spiro atoms. The predicted molar refractivity (Wildman–Crippen MR) is 59.6 cm³/mol. The van der Waals surface area contributed by atoms with Gasteiger partial charge in [-0.25, -0.2) is 4.79 Å². The second kappa shape index (κ2) is 3.07. The lowest BCUT2D eigenvalue weighted by atomic mass is 10.1. The zero-order chi connectivity index (χ0) is 11.3. The minimum Gasteiger partial charge on any atom is -0.478 e. The maximum atomic E-state index is 11.1. The molecule has 0 bridgehead atoms. The van der Waals surface area contributed by atoms with Gasteiger partial charge in [-0.1, -0.05) is 12.1 Å². The molecule has 0 amide bonds. The largest absolute Gasteiger partial charge is 0.478 e. The van der Waals surface area contributed by atoms with Crippen LogP contribution in [0.4, 0.5) is 0 Å². The van der Waals surface area contributed by atoms with E-state index in [0.29, 0.717) is 11.5 Å². The summed E-state index contributed by atoms with van der Waals surface area (Å²) in [5, 5.41) is 14.6. The van der Waals surface area contributed by atoms with Crippen molar-refractivity contribution in [2.75, 3.05) is 0 Å².